The van der Waals surface area contributed by atoms with Gasteiger partial charge >= 0.3 is 11.9 Å². The van der Waals surface area contributed by atoms with Crippen LogP contribution >= 0.6 is 9.47 Å². The van der Waals surface area contributed by atoms with Gasteiger partial charge < -0.3 is 14.4 Å². The van der Waals surface area contributed by atoms with Crippen LogP contribution in [-0.2, 0) is 18.8 Å². The highest BCUT2D eigenvalue weighted by molar-refractivity contribution is 7.10. The molecular formula is C7H13O5P. The van der Waals surface area contributed by atoms with Crippen molar-refractivity contribution in [2.24, 2.45) is 0 Å². The van der Waals surface area contributed by atoms with Gasteiger partial charge in [0, 0.05) is 0 Å². The summed E-state index contributed by atoms with van der Waals surface area (Å²) in [6, 6.07) is 0. The van der Waals surface area contributed by atoms with Crippen molar-refractivity contribution in [1.82, 2.24) is 0 Å². The standard InChI is InChI=1S/C7H13O5P/c1-4(2)11-7(10)5(8)3-6(9)12-13/h4-5,8H,3,13H2,1-2H3/t5-/m0/s1. The molecule has 0 radical (unpaired) electrons. The average Bonchev–Trinajstić information content (AvgIpc) is 2.02. The number of hydrogen-bond acceptors (Lipinski definition) is 5. The Morgan fingerprint density at radius 1 is 1.46 bits per heavy atom. The number of ether oxygens (including phenoxy) is 1. The summed E-state index contributed by atoms with van der Waals surface area (Å²) in [5, 5.41) is 9.08. The van der Waals surface area contributed by atoms with E-state index in [1.54, 1.807) is 23.3 Å². The van der Waals surface area contributed by atoms with Crippen molar-refractivity contribution in [3.8, 4) is 0 Å². The molecule has 0 spiro atoms. The normalized spacial score (nSPS) is 12.4. The van der Waals surface area contributed by atoms with Gasteiger partial charge in [-0.15, -0.1) is 0 Å². The van der Waals surface area contributed by atoms with Crippen LogP contribution in [0.3, 0.4) is 0 Å². The van der Waals surface area contributed by atoms with Crippen LogP contribution in [0.2, 0.25) is 0 Å². The molecule has 0 amide bonds. The number of carbonyl (C=O) groups is 2. The Kier molecular flexibility index (Phi) is 5.58. The molecule has 2 atom stereocenters. The van der Waals surface area contributed by atoms with Gasteiger partial charge in [-0.1, -0.05) is 0 Å². The number of hydrogen-bond donors (Lipinski definition) is 1. The second kappa shape index (κ2) is 5.89. The van der Waals surface area contributed by atoms with E-state index in [0.717, 1.165) is 0 Å². The van der Waals surface area contributed by atoms with Crippen LogP contribution in [0.5, 0.6) is 0 Å². The molecular weight excluding hydrogens is 195 g/mol. The van der Waals surface area contributed by atoms with Gasteiger partial charge in [-0.3, -0.25) is 4.79 Å². The molecule has 0 aliphatic carbocycles. The Bertz CT molecular complexity index is 191. The second-order valence-corrected chi connectivity index (χ2v) is 2.93. The first-order valence-corrected chi connectivity index (χ1v) is 4.22. The minimum atomic E-state index is -1.45. The lowest BCUT2D eigenvalue weighted by Gasteiger charge is -2.11. The Hall–Kier alpha value is -0.670. The molecule has 0 aliphatic heterocycles. The van der Waals surface area contributed by atoms with Gasteiger partial charge in [-0.25, -0.2) is 4.79 Å². The molecule has 0 aromatic carbocycles. The van der Waals surface area contributed by atoms with E-state index < -0.39 is 24.5 Å². The Morgan fingerprint density at radius 2 is 2.00 bits per heavy atom. The molecule has 0 saturated heterocycles. The summed E-state index contributed by atoms with van der Waals surface area (Å²) in [5.74, 6) is -1.50. The fourth-order valence-corrected chi connectivity index (χ4v) is 0.696. The Balaban J connectivity index is 3.89. The van der Waals surface area contributed by atoms with E-state index in [4.69, 9.17) is 5.11 Å². The summed E-state index contributed by atoms with van der Waals surface area (Å²) < 4.78 is 8.84. The van der Waals surface area contributed by atoms with Gasteiger partial charge in [0.25, 0.3) is 0 Å². The summed E-state index contributed by atoms with van der Waals surface area (Å²) in [4.78, 5) is 21.5. The molecule has 1 unspecified atom stereocenters. The summed E-state index contributed by atoms with van der Waals surface area (Å²) >= 11 is 0. The number of rotatable bonds is 4. The van der Waals surface area contributed by atoms with Gasteiger partial charge in [-0.05, 0) is 13.8 Å². The minimum Gasteiger partial charge on any atom is -0.461 e. The maximum absolute atomic E-state index is 10.9. The Labute approximate surface area is 78.7 Å². The second-order valence-electron chi connectivity index (χ2n) is 2.70. The van der Waals surface area contributed by atoms with Crippen LogP contribution in [0.1, 0.15) is 20.3 Å². The van der Waals surface area contributed by atoms with Gasteiger partial charge in [0.15, 0.2) is 6.10 Å². The molecule has 0 aromatic rings. The molecule has 0 heterocycles. The van der Waals surface area contributed by atoms with Crippen molar-refractivity contribution in [2.75, 3.05) is 0 Å². The molecule has 0 bridgehead atoms. The summed E-state index contributed by atoms with van der Waals surface area (Å²) in [6.45, 7) is 3.30. The number of aliphatic hydroxyl groups excluding tert-OH is 1. The zero-order valence-electron chi connectivity index (χ0n) is 7.52. The molecule has 13 heavy (non-hydrogen) atoms. The van der Waals surface area contributed by atoms with E-state index in [-0.39, 0.29) is 6.10 Å². The number of esters is 1. The molecule has 5 nitrogen and oxygen atoms in total. The van der Waals surface area contributed by atoms with E-state index in [0.29, 0.717) is 0 Å². The van der Waals surface area contributed by atoms with Crippen molar-refractivity contribution < 1.29 is 24.0 Å². The third kappa shape index (κ3) is 5.55. The van der Waals surface area contributed by atoms with E-state index in [2.05, 4.69) is 9.26 Å². The number of carbonyl (C=O) groups excluding carboxylic acids is 2. The first-order chi connectivity index (χ1) is 5.97. The third-order valence-electron chi connectivity index (χ3n) is 1.12. The minimum absolute atomic E-state index is 0.311. The molecule has 0 aromatic heterocycles. The van der Waals surface area contributed by atoms with Gasteiger partial charge in [0.1, 0.15) is 0 Å². The highest BCUT2D eigenvalue weighted by atomic mass is 31.0. The van der Waals surface area contributed by atoms with Gasteiger partial charge in [0.2, 0.25) is 0 Å². The van der Waals surface area contributed by atoms with Crippen molar-refractivity contribution in [1.29, 1.82) is 0 Å². The van der Waals surface area contributed by atoms with Crippen molar-refractivity contribution in [2.45, 2.75) is 32.5 Å². The summed E-state index contributed by atoms with van der Waals surface area (Å²) in [7, 11) is 1.74. The first kappa shape index (κ1) is 12.3. The van der Waals surface area contributed by atoms with Crippen LogP contribution in [0, 0.1) is 0 Å². The summed E-state index contributed by atoms with van der Waals surface area (Å²) in [6.07, 6.45) is -2.15. The van der Waals surface area contributed by atoms with Crippen molar-refractivity contribution in [3.05, 3.63) is 0 Å². The van der Waals surface area contributed by atoms with E-state index in [9.17, 15) is 9.59 Å². The van der Waals surface area contributed by atoms with E-state index >= 15 is 0 Å². The predicted molar refractivity (Wildman–Crippen MR) is 47.7 cm³/mol. The predicted octanol–water partition coefficient (Wildman–Crippen LogP) is 0.0223. The SMILES string of the molecule is CC(C)OC(=O)[C@@H](O)CC(=O)OP. The lowest BCUT2D eigenvalue weighted by atomic mass is 10.2. The zero-order chi connectivity index (χ0) is 10.4. The fraction of sp³-hybridized carbons (Fsp3) is 0.714. The lowest BCUT2D eigenvalue weighted by molar-refractivity contribution is -0.160. The van der Waals surface area contributed by atoms with Crippen LogP contribution in [0.25, 0.3) is 0 Å². The summed E-state index contributed by atoms with van der Waals surface area (Å²) in [5.41, 5.74) is 0. The van der Waals surface area contributed by atoms with Crippen LogP contribution < -0.4 is 0 Å². The molecule has 76 valence electrons. The lowest BCUT2D eigenvalue weighted by Crippen LogP contribution is -2.28. The molecule has 0 aliphatic rings. The smallest absolute Gasteiger partial charge is 0.335 e. The quantitative estimate of drug-likeness (QED) is 0.521. The van der Waals surface area contributed by atoms with Crippen molar-refractivity contribution in [3.63, 3.8) is 0 Å². The van der Waals surface area contributed by atoms with Crippen LogP contribution in [0.15, 0.2) is 0 Å². The molecule has 0 rings (SSSR count). The highest BCUT2D eigenvalue weighted by Crippen LogP contribution is 2.02. The number of aliphatic hydroxyl groups is 1. The van der Waals surface area contributed by atoms with E-state index in [1.807, 2.05) is 0 Å². The molecule has 6 heteroatoms. The van der Waals surface area contributed by atoms with Gasteiger partial charge in [-0.2, -0.15) is 0 Å². The topological polar surface area (TPSA) is 72.8 Å². The van der Waals surface area contributed by atoms with Crippen LogP contribution in [-0.4, -0.2) is 29.3 Å². The van der Waals surface area contributed by atoms with Crippen LogP contribution in [0.4, 0.5) is 0 Å². The molecule has 1 N–H and O–H groups in total. The third-order valence-corrected chi connectivity index (χ3v) is 1.38. The maximum atomic E-state index is 10.9. The highest BCUT2D eigenvalue weighted by Gasteiger charge is 2.21. The van der Waals surface area contributed by atoms with E-state index in [1.165, 1.54) is 0 Å². The monoisotopic (exact) mass is 208 g/mol. The largest absolute Gasteiger partial charge is 0.461 e. The maximum Gasteiger partial charge on any atom is 0.335 e. The first-order valence-electron chi connectivity index (χ1n) is 3.75. The zero-order valence-corrected chi connectivity index (χ0v) is 8.67. The Morgan fingerprint density at radius 3 is 2.38 bits per heavy atom. The molecule has 0 saturated carbocycles. The molecule has 0 fully saturated rings. The average molecular weight is 208 g/mol. The fourth-order valence-electron chi connectivity index (χ4n) is 0.600. The van der Waals surface area contributed by atoms with Crippen molar-refractivity contribution >= 4 is 21.4 Å². The van der Waals surface area contributed by atoms with Gasteiger partial charge in [0.05, 0.1) is 22.0 Å².